The Kier molecular flexibility index (Phi) is 8.17. The van der Waals surface area contributed by atoms with Crippen LogP contribution in [0.5, 0.6) is 0 Å². The van der Waals surface area contributed by atoms with Crippen molar-refractivity contribution < 1.29 is 0 Å². The van der Waals surface area contributed by atoms with Gasteiger partial charge in [-0.2, -0.15) is 11.8 Å². The average Bonchev–Trinajstić information content (AvgIpc) is 2.18. The minimum Gasteiger partial charge on any atom is -0.287 e. The van der Waals surface area contributed by atoms with Crippen LogP contribution in [0.15, 0.2) is 4.99 Å². The van der Waals surface area contributed by atoms with Gasteiger partial charge in [-0.25, -0.2) is 0 Å². The van der Waals surface area contributed by atoms with Gasteiger partial charge in [-0.1, -0.05) is 33.6 Å². The molecule has 2 heteroatoms. The normalized spacial score (nSPS) is 15.2. The molecule has 0 aliphatic rings. The van der Waals surface area contributed by atoms with Gasteiger partial charge in [0.25, 0.3) is 0 Å². The van der Waals surface area contributed by atoms with Crippen LogP contribution < -0.4 is 0 Å². The zero-order chi connectivity index (χ0) is 12.6. The molecule has 0 fully saturated rings. The largest absolute Gasteiger partial charge is 0.287 e. The van der Waals surface area contributed by atoms with E-state index >= 15 is 0 Å². The highest BCUT2D eigenvalue weighted by Crippen LogP contribution is 2.25. The third kappa shape index (κ3) is 5.93. The number of thioether (sulfide) groups is 1. The van der Waals surface area contributed by atoms with Gasteiger partial charge in [0.1, 0.15) is 0 Å². The summed E-state index contributed by atoms with van der Waals surface area (Å²) in [7, 11) is 0. The first-order valence-corrected chi connectivity index (χ1v) is 7.71. The van der Waals surface area contributed by atoms with Gasteiger partial charge in [0.2, 0.25) is 0 Å². The molecule has 0 aromatic carbocycles. The Labute approximate surface area is 107 Å². The summed E-state index contributed by atoms with van der Waals surface area (Å²) in [5.74, 6) is 1.17. The molecule has 1 nitrogen and oxygen atoms in total. The highest BCUT2D eigenvalue weighted by molar-refractivity contribution is 8.00. The Morgan fingerprint density at radius 2 is 1.69 bits per heavy atom. The summed E-state index contributed by atoms with van der Waals surface area (Å²) in [6, 6.07) is 0. The summed E-state index contributed by atoms with van der Waals surface area (Å²) in [4.78, 5) is 5.00. The lowest BCUT2D eigenvalue weighted by atomic mass is 9.91. The molecule has 0 N–H and O–H groups in total. The Morgan fingerprint density at radius 1 is 1.19 bits per heavy atom. The van der Waals surface area contributed by atoms with Crippen LogP contribution in [0.1, 0.15) is 67.2 Å². The van der Waals surface area contributed by atoms with E-state index in [0.29, 0.717) is 5.25 Å². The Morgan fingerprint density at radius 3 is 2.06 bits per heavy atom. The molecule has 0 spiro atoms. The van der Waals surface area contributed by atoms with E-state index in [-0.39, 0.29) is 5.54 Å². The summed E-state index contributed by atoms with van der Waals surface area (Å²) < 4.78 is 0. The molecule has 0 amide bonds. The van der Waals surface area contributed by atoms with Gasteiger partial charge >= 0.3 is 0 Å². The standard InChI is InChI=1S/C14H29NS/c1-7-10-14(6,11-8-2)15-12(4)13(5)16-9-3/h13H,7-11H2,1-6H3/b15-12-. The van der Waals surface area contributed by atoms with Crippen LogP contribution in [-0.2, 0) is 0 Å². The monoisotopic (exact) mass is 243 g/mol. The van der Waals surface area contributed by atoms with Crippen LogP contribution >= 0.6 is 11.8 Å². The number of rotatable bonds is 8. The molecule has 1 unspecified atom stereocenters. The van der Waals surface area contributed by atoms with E-state index in [9.17, 15) is 0 Å². The molecule has 16 heavy (non-hydrogen) atoms. The predicted molar refractivity (Wildman–Crippen MR) is 78.9 cm³/mol. The quantitative estimate of drug-likeness (QED) is 0.550. The maximum atomic E-state index is 5.00. The van der Waals surface area contributed by atoms with Crippen molar-refractivity contribution in [1.82, 2.24) is 0 Å². The van der Waals surface area contributed by atoms with E-state index in [2.05, 4.69) is 41.5 Å². The molecule has 0 aliphatic carbocycles. The molecular formula is C14H29NS. The van der Waals surface area contributed by atoms with E-state index in [0.717, 1.165) is 0 Å². The lowest BCUT2D eigenvalue weighted by Gasteiger charge is -2.26. The lowest BCUT2D eigenvalue weighted by molar-refractivity contribution is 0.395. The van der Waals surface area contributed by atoms with Crippen molar-refractivity contribution in [2.75, 3.05) is 5.75 Å². The minimum atomic E-state index is 0.177. The first-order valence-electron chi connectivity index (χ1n) is 6.67. The summed E-state index contributed by atoms with van der Waals surface area (Å²) in [6.07, 6.45) is 4.87. The molecule has 0 aromatic rings. The number of hydrogen-bond donors (Lipinski definition) is 0. The van der Waals surface area contributed by atoms with Gasteiger partial charge < -0.3 is 0 Å². The van der Waals surface area contributed by atoms with E-state index in [1.165, 1.54) is 37.1 Å². The molecule has 0 bridgehead atoms. The zero-order valence-corrected chi connectivity index (χ0v) is 12.8. The molecular weight excluding hydrogens is 214 g/mol. The average molecular weight is 243 g/mol. The van der Waals surface area contributed by atoms with Crippen molar-refractivity contribution in [1.29, 1.82) is 0 Å². The second-order valence-corrected chi connectivity index (χ2v) is 6.47. The Bertz CT molecular complexity index is 205. The van der Waals surface area contributed by atoms with Crippen molar-refractivity contribution in [3.63, 3.8) is 0 Å². The first kappa shape index (κ1) is 16.0. The smallest absolute Gasteiger partial charge is 0.0579 e. The van der Waals surface area contributed by atoms with Crippen molar-refractivity contribution in [2.24, 2.45) is 4.99 Å². The fourth-order valence-electron chi connectivity index (χ4n) is 2.20. The van der Waals surface area contributed by atoms with Crippen molar-refractivity contribution in [2.45, 2.75) is 78.0 Å². The van der Waals surface area contributed by atoms with Gasteiger partial charge in [-0.15, -0.1) is 0 Å². The second kappa shape index (κ2) is 8.16. The topological polar surface area (TPSA) is 12.4 Å². The van der Waals surface area contributed by atoms with E-state index in [1.807, 2.05) is 11.8 Å². The maximum absolute atomic E-state index is 5.00. The second-order valence-electron chi connectivity index (χ2n) is 4.85. The first-order chi connectivity index (χ1) is 7.49. The highest BCUT2D eigenvalue weighted by atomic mass is 32.2. The fourth-order valence-corrected chi connectivity index (χ4v) is 3.00. The van der Waals surface area contributed by atoms with Gasteiger partial charge in [-0.05, 0) is 39.4 Å². The van der Waals surface area contributed by atoms with E-state index in [1.54, 1.807) is 0 Å². The molecule has 0 aliphatic heterocycles. The Balaban J connectivity index is 4.61. The van der Waals surface area contributed by atoms with E-state index < -0.39 is 0 Å². The summed E-state index contributed by atoms with van der Waals surface area (Å²) in [5, 5.41) is 0.568. The van der Waals surface area contributed by atoms with Gasteiger partial charge in [-0.3, -0.25) is 4.99 Å². The van der Waals surface area contributed by atoms with Gasteiger partial charge in [0, 0.05) is 11.0 Å². The van der Waals surface area contributed by atoms with Crippen LogP contribution in [0.4, 0.5) is 0 Å². The van der Waals surface area contributed by atoms with E-state index in [4.69, 9.17) is 4.99 Å². The van der Waals surface area contributed by atoms with Crippen LogP contribution in [0, 0.1) is 0 Å². The number of aliphatic imine (C=N–C) groups is 1. The van der Waals surface area contributed by atoms with Crippen LogP contribution in [0.2, 0.25) is 0 Å². The zero-order valence-electron chi connectivity index (χ0n) is 12.0. The third-order valence-corrected chi connectivity index (χ3v) is 4.20. The molecule has 1 atom stereocenters. The maximum Gasteiger partial charge on any atom is 0.0579 e. The predicted octanol–water partition coefficient (Wildman–Crippen LogP) is 4.95. The molecule has 0 aromatic heterocycles. The number of nitrogens with zero attached hydrogens (tertiary/aromatic N) is 1. The third-order valence-electron chi connectivity index (χ3n) is 3.03. The molecule has 0 saturated heterocycles. The van der Waals surface area contributed by atoms with Crippen molar-refractivity contribution >= 4 is 17.5 Å². The summed E-state index contributed by atoms with van der Waals surface area (Å²) in [6.45, 7) is 13.5. The SMILES string of the molecule is CCCC(C)(CCC)/N=C(/C)C(C)SCC. The summed E-state index contributed by atoms with van der Waals surface area (Å²) in [5.41, 5.74) is 1.49. The van der Waals surface area contributed by atoms with Crippen molar-refractivity contribution in [3.8, 4) is 0 Å². The van der Waals surface area contributed by atoms with Crippen LogP contribution in [-0.4, -0.2) is 22.3 Å². The molecule has 0 heterocycles. The van der Waals surface area contributed by atoms with Gasteiger partial charge in [0.05, 0.1) is 5.54 Å². The van der Waals surface area contributed by atoms with Crippen LogP contribution in [0.3, 0.4) is 0 Å². The summed E-state index contributed by atoms with van der Waals surface area (Å²) >= 11 is 1.99. The Hall–Kier alpha value is 0.0200. The molecule has 0 radical (unpaired) electrons. The lowest BCUT2D eigenvalue weighted by Crippen LogP contribution is -2.25. The highest BCUT2D eigenvalue weighted by Gasteiger charge is 2.22. The van der Waals surface area contributed by atoms with Crippen LogP contribution in [0.25, 0.3) is 0 Å². The molecule has 0 saturated carbocycles. The van der Waals surface area contributed by atoms with Crippen molar-refractivity contribution in [3.05, 3.63) is 0 Å². The molecule has 0 rings (SSSR count). The fraction of sp³-hybridized carbons (Fsp3) is 0.929. The minimum absolute atomic E-state index is 0.177. The number of hydrogen-bond acceptors (Lipinski definition) is 2. The van der Waals surface area contributed by atoms with Gasteiger partial charge in [0.15, 0.2) is 0 Å². The molecule has 96 valence electrons.